The number of carbonyl (C=O) groups is 1. The van der Waals surface area contributed by atoms with Gasteiger partial charge in [0.1, 0.15) is 5.75 Å². The van der Waals surface area contributed by atoms with E-state index < -0.39 is 6.16 Å². The van der Waals surface area contributed by atoms with Crippen LogP contribution >= 0.6 is 0 Å². The van der Waals surface area contributed by atoms with Crippen LogP contribution in [0.1, 0.15) is 32.1 Å². The first-order valence-corrected chi connectivity index (χ1v) is 11.4. The Kier molecular flexibility index (Phi) is 8.21. The number of hydrogen-bond acceptors (Lipinski definition) is 3. The Hall–Kier alpha value is -2.92. The third kappa shape index (κ3) is 6.56. The predicted octanol–water partition coefficient (Wildman–Crippen LogP) is 5.38. The zero-order valence-corrected chi connectivity index (χ0v) is 17.6. The highest BCUT2D eigenvalue weighted by molar-refractivity contribution is 7.97. The monoisotopic (exact) mass is 422 g/mol. The molecule has 156 valence electrons. The van der Waals surface area contributed by atoms with Gasteiger partial charge >= 0.3 is 0 Å². The Morgan fingerprint density at radius 2 is 1.20 bits per heavy atom. The van der Waals surface area contributed by atoms with Crippen LogP contribution < -0.4 is 9.84 Å². The first kappa shape index (κ1) is 21.8. The lowest BCUT2D eigenvalue weighted by Crippen LogP contribution is -2.19. The van der Waals surface area contributed by atoms with E-state index in [9.17, 15) is 0 Å². The number of ether oxygens (including phenoxy) is 1. The van der Waals surface area contributed by atoms with Crippen LogP contribution in [0.3, 0.4) is 0 Å². The Morgan fingerprint density at radius 1 is 0.767 bits per heavy atom. The maximum Gasteiger partial charge on any atom is 0.249 e. The summed E-state index contributed by atoms with van der Waals surface area (Å²) in [5, 5.41) is 15.3. The van der Waals surface area contributed by atoms with Crippen LogP contribution in [0.5, 0.6) is 5.75 Å². The van der Waals surface area contributed by atoms with Gasteiger partial charge in [0.25, 0.3) is 0 Å². The topological polar surface area (TPSA) is 69.6 Å². The molecule has 0 amide bonds. The summed E-state index contributed by atoms with van der Waals surface area (Å²) in [6, 6.07) is 30.3. The summed E-state index contributed by atoms with van der Waals surface area (Å²) in [5.41, 5.74) is 0. The fourth-order valence-electron chi connectivity index (χ4n) is 3.55. The predicted molar refractivity (Wildman–Crippen MR) is 117 cm³/mol. The molecule has 1 N–H and O–H groups in total. The molecule has 1 fully saturated rings. The molecule has 0 heterocycles. The Morgan fingerprint density at radius 3 is 1.67 bits per heavy atom. The number of hydrogen-bond donors (Lipinski definition) is 1. The summed E-state index contributed by atoms with van der Waals surface area (Å²) in [5.74, 6) is 1.00. The molecule has 3 aromatic carbocycles. The van der Waals surface area contributed by atoms with Crippen molar-refractivity contribution in [2.45, 2.75) is 52.9 Å². The molecular weight excluding hydrogens is 396 g/mol. The number of benzene rings is 3. The van der Waals surface area contributed by atoms with Crippen molar-refractivity contribution in [2.75, 3.05) is 0 Å². The maximum absolute atomic E-state index is 8.44. The van der Waals surface area contributed by atoms with Crippen molar-refractivity contribution in [3.8, 4) is 5.75 Å². The molecule has 0 bridgehead atoms. The summed E-state index contributed by atoms with van der Waals surface area (Å²) >= 11 is 0. The third-order valence-corrected chi connectivity index (χ3v) is 7.10. The van der Waals surface area contributed by atoms with Crippen LogP contribution in [0, 0.1) is 0 Å². The van der Waals surface area contributed by atoms with Gasteiger partial charge in [-0.2, -0.15) is 0 Å². The van der Waals surface area contributed by atoms with E-state index in [4.69, 9.17) is 19.7 Å². The highest BCUT2D eigenvalue weighted by Gasteiger charge is 2.28. The van der Waals surface area contributed by atoms with Crippen molar-refractivity contribution in [1.29, 1.82) is 0 Å². The van der Waals surface area contributed by atoms with Crippen LogP contribution in [0.4, 0.5) is 4.79 Å². The maximum atomic E-state index is 8.44. The molecule has 0 radical (unpaired) electrons. The van der Waals surface area contributed by atoms with Gasteiger partial charge in [0.15, 0.2) is 14.7 Å². The molecule has 0 atom stereocenters. The largest absolute Gasteiger partial charge is 0.565 e. The van der Waals surface area contributed by atoms with Gasteiger partial charge in [0, 0.05) is 0 Å². The van der Waals surface area contributed by atoms with Crippen molar-refractivity contribution in [3.63, 3.8) is 0 Å². The van der Waals surface area contributed by atoms with Gasteiger partial charge in [0.05, 0.1) is 17.0 Å². The SMILES string of the molecule is O=C([O-])O.c1ccc([S+](c2ccccc2)c2ccc(OC3CCCCC3)cc2)cc1. The summed E-state index contributed by atoms with van der Waals surface area (Å²) in [6.07, 6.45) is 4.66. The summed E-state index contributed by atoms with van der Waals surface area (Å²) in [4.78, 5) is 12.5. The van der Waals surface area contributed by atoms with Crippen molar-refractivity contribution in [1.82, 2.24) is 0 Å². The lowest BCUT2D eigenvalue weighted by molar-refractivity contribution is -0.275. The lowest BCUT2D eigenvalue weighted by Gasteiger charge is -2.23. The molecule has 1 aliphatic carbocycles. The summed E-state index contributed by atoms with van der Waals surface area (Å²) in [6.45, 7) is 0. The molecule has 0 aliphatic heterocycles. The molecule has 1 aliphatic rings. The average Bonchev–Trinajstić information content (AvgIpc) is 2.77. The van der Waals surface area contributed by atoms with Gasteiger partial charge < -0.3 is 19.7 Å². The van der Waals surface area contributed by atoms with Gasteiger partial charge in [-0.3, -0.25) is 0 Å². The summed E-state index contributed by atoms with van der Waals surface area (Å²) in [7, 11) is -0.0852. The normalized spacial score (nSPS) is 13.9. The zero-order chi connectivity index (χ0) is 21.2. The van der Waals surface area contributed by atoms with Crippen LogP contribution in [-0.4, -0.2) is 17.4 Å². The Bertz CT molecular complexity index is 848. The van der Waals surface area contributed by atoms with Crippen LogP contribution in [0.25, 0.3) is 0 Å². The second-order valence-electron chi connectivity index (χ2n) is 7.05. The van der Waals surface area contributed by atoms with Crippen molar-refractivity contribution < 1.29 is 19.7 Å². The molecule has 1 saturated carbocycles. The van der Waals surface area contributed by atoms with Crippen molar-refractivity contribution in [2.24, 2.45) is 0 Å². The molecule has 4 rings (SSSR count). The van der Waals surface area contributed by atoms with Crippen molar-refractivity contribution >= 4 is 17.1 Å². The third-order valence-electron chi connectivity index (χ3n) is 4.87. The van der Waals surface area contributed by atoms with Gasteiger partial charge in [-0.25, -0.2) is 0 Å². The highest BCUT2D eigenvalue weighted by atomic mass is 32.2. The van der Waals surface area contributed by atoms with Crippen LogP contribution in [0.15, 0.2) is 99.6 Å². The first-order valence-electron chi connectivity index (χ1n) is 10.1. The molecule has 0 saturated heterocycles. The quantitative estimate of drug-likeness (QED) is 0.560. The van der Waals surface area contributed by atoms with Gasteiger partial charge in [-0.1, -0.05) is 42.8 Å². The minimum absolute atomic E-state index is 0.0852. The lowest BCUT2D eigenvalue weighted by atomic mass is 9.98. The van der Waals surface area contributed by atoms with Crippen LogP contribution in [0.2, 0.25) is 0 Å². The molecule has 30 heavy (non-hydrogen) atoms. The summed E-state index contributed by atoms with van der Waals surface area (Å²) < 4.78 is 6.20. The standard InChI is InChI=1S/C24H25OS.CH2O3/c1-4-10-20(11-5-1)25-21-16-18-24(19-17-21)26(22-12-6-2-7-13-22)23-14-8-3-9-15-23;2-1(3)4/h2-3,6-9,12-20H,1,4-5,10-11H2;(H2,2,3,4)/q+1;/p-1. The van der Waals surface area contributed by atoms with Gasteiger partial charge in [-0.05, 0) is 74.2 Å². The number of carboxylic acid groups (broad SMARTS) is 2. The molecule has 0 spiro atoms. The van der Waals surface area contributed by atoms with E-state index in [1.54, 1.807) is 0 Å². The number of rotatable bonds is 5. The second kappa shape index (κ2) is 11.3. The van der Waals surface area contributed by atoms with Crippen LogP contribution in [-0.2, 0) is 10.9 Å². The highest BCUT2D eigenvalue weighted by Crippen LogP contribution is 2.32. The van der Waals surface area contributed by atoms with Gasteiger partial charge in [-0.15, -0.1) is 0 Å². The fourth-order valence-corrected chi connectivity index (χ4v) is 5.63. The van der Waals surface area contributed by atoms with E-state index in [1.807, 2.05) is 0 Å². The van der Waals surface area contributed by atoms with E-state index in [1.165, 1.54) is 46.8 Å². The van der Waals surface area contributed by atoms with E-state index in [-0.39, 0.29) is 10.9 Å². The molecular formula is C25H26O4S. The van der Waals surface area contributed by atoms with Gasteiger partial charge in [0.2, 0.25) is 6.16 Å². The zero-order valence-electron chi connectivity index (χ0n) is 16.8. The molecule has 5 heteroatoms. The molecule has 4 nitrogen and oxygen atoms in total. The van der Waals surface area contributed by atoms with E-state index >= 15 is 0 Å². The molecule has 3 aromatic rings. The smallest absolute Gasteiger partial charge is 0.249 e. The van der Waals surface area contributed by atoms with E-state index in [0.29, 0.717) is 6.10 Å². The van der Waals surface area contributed by atoms with E-state index in [2.05, 4.69) is 84.9 Å². The second-order valence-corrected chi connectivity index (χ2v) is 9.07. The van der Waals surface area contributed by atoms with E-state index in [0.717, 1.165) is 5.75 Å². The Balaban J connectivity index is 0.000000589. The Labute approximate surface area is 180 Å². The first-order chi connectivity index (χ1) is 14.6. The minimum Gasteiger partial charge on any atom is -0.565 e. The fraction of sp³-hybridized carbons (Fsp3) is 0.240. The van der Waals surface area contributed by atoms with Crippen molar-refractivity contribution in [3.05, 3.63) is 84.9 Å². The minimum atomic E-state index is -2.08. The molecule has 0 unspecified atom stereocenters. The average molecular weight is 423 g/mol. The molecule has 0 aromatic heterocycles.